The van der Waals surface area contributed by atoms with Crippen LogP contribution in [0.3, 0.4) is 0 Å². The lowest BCUT2D eigenvalue weighted by molar-refractivity contribution is -0.383. The molecule has 0 unspecified atom stereocenters. The highest BCUT2D eigenvalue weighted by molar-refractivity contribution is 7.22. The van der Waals surface area contributed by atoms with E-state index in [1.807, 2.05) is 35.2 Å². The van der Waals surface area contributed by atoms with Crippen molar-refractivity contribution in [1.29, 1.82) is 0 Å². The number of benzene rings is 2. The molecule has 1 aliphatic heterocycles. The van der Waals surface area contributed by atoms with E-state index in [0.717, 1.165) is 67.9 Å². The molecule has 0 spiro atoms. The number of nitro benzene ring substituents is 1. The van der Waals surface area contributed by atoms with Crippen LogP contribution >= 0.6 is 11.3 Å². The van der Waals surface area contributed by atoms with Crippen molar-refractivity contribution in [1.82, 2.24) is 9.88 Å². The van der Waals surface area contributed by atoms with Gasteiger partial charge in [0.25, 0.3) is 11.2 Å². The third-order valence-electron chi connectivity index (χ3n) is 7.32. The lowest BCUT2D eigenvalue weighted by Gasteiger charge is -2.37. The van der Waals surface area contributed by atoms with Gasteiger partial charge in [0.05, 0.1) is 21.6 Å². The van der Waals surface area contributed by atoms with Crippen molar-refractivity contribution in [3.8, 4) is 0 Å². The van der Waals surface area contributed by atoms with Gasteiger partial charge in [0, 0.05) is 38.8 Å². The summed E-state index contributed by atoms with van der Waals surface area (Å²) in [5.74, 6) is 0.542. The largest absolute Gasteiger partial charge is 0.416 e. The minimum absolute atomic E-state index is 0.0946. The van der Waals surface area contributed by atoms with Gasteiger partial charge in [0.1, 0.15) is 11.3 Å². The zero-order valence-electron chi connectivity index (χ0n) is 21.6. The van der Waals surface area contributed by atoms with Crippen LogP contribution in [-0.2, 0) is 17.6 Å². The van der Waals surface area contributed by atoms with Gasteiger partial charge in [-0.1, -0.05) is 46.8 Å². The van der Waals surface area contributed by atoms with Crippen molar-refractivity contribution in [2.24, 2.45) is 11.1 Å². The first-order valence-electron chi connectivity index (χ1n) is 13.1. The summed E-state index contributed by atoms with van der Waals surface area (Å²) in [6, 6.07) is 11.0. The molecule has 1 aromatic heterocycles. The van der Waals surface area contributed by atoms with Crippen LogP contribution in [0.25, 0.3) is 10.1 Å². The summed E-state index contributed by atoms with van der Waals surface area (Å²) in [5, 5.41) is 15.8. The number of halogens is 3. The molecule has 3 aromatic rings. The Bertz CT molecular complexity index is 1450. The zero-order valence-corrected chi connectivity index (χ0v) is 22.4. The van der Waals surface area contributed by atoms with E-state index >= 15 is 0 Å². The van der Waals surface area contributed by atoms with E-state index in [2.05, 4.69) is 15.0 Å². The molecule has 212 valence electrons. The van der Waals surface area contributed by atoms with E-state index in [0.29, 0.717) is 37.7 Å². The molecular weight excluding hydrogens is 547 g/mol. The van der Waals surface area contributed by atoms with Gasteiger partial charge in [-0.15, -0.1) is 0 Å². The maximum absolute atomic E-state index is 13.2. The number of piperazine rings is 1. The number of fused-ring (bicyclic) bond motifs is 1. The number of anilines is 1. The number of rotatable bonds is 7. The minimum atomic E-state index is -4.81. The molecule has 0 radical (unpaired) electrons. The van der Waals surface area contributed by atoms with Crippen LogP contribution in [-0.4, -0.2) is 53.2 Å². The fourth-order valence-electron chi connectivity index (χ4n) is 5.12. The van der Waals surface area contributed by atoms with E-state index < -0.39 is 27.9 Å². The number of non-ortho nitro benzene ring substituents is 1. The van der Waals surface area contributed by atoms with Crippen molar-refractivity contribution in [2.45, 2.75) is 38.5 Å². The van der Waals surface area contributed by atoms with Gasteiger partial charge in [0.15, 0.2) is 5.13 Å². The molecule has 0 amide bonds. The second kappa shape index (κ2) is 11.9. The third kappa shape index (κ3) is 6.58. The number of hydrogen-bond acceptors (Lipinski definition) is 9. The normalized spacial score (nSPS) is 18.6. The summed E-state index contributed by atoms with van der Waals surface area (Å²) in [7, 11) is 0. The zero-order chi connectivity index (χ0) is 28.3. The van der Waals surface area contributed by atoms with Gasteiger partial charge < -0.3 is 9.74 Å². The van der Waals surface area contributed by atoms with Crippen LogP contribution in [0, 0.1) is 16.0 Å². The highest BCUT2D eigenvalue weighted by atomic mass is 32.1. The van der Waals surface area contributed by atoms with Gasteiger partial charge in [-0.25, -0.2) is 0 Å². The average molecular weight is 576 g/mol. The molecule has 2 aromatic carbocycles. The Labute approximate surface area is 232 Å². The standard InChI is InChI=1S/C27H28F3N5O4S/c28-27(29,30)20-14-22-24(23(15-20)35(37)38)40-26(31-25(22)36)34-12-10-33(11-13-34)16-18-6-8-21(9-7-18)32-39-17-19-4-2-1-3-5-19/h1-5,14-15,18H,6-13,16-17H2. The first kappa shape index (κ1) is 28.0. The molecular formula is C27H28F3N5O4S. The summed E-state index contributed by atoms with van der Waals surface area (Å²) >= 11 is 0.886. The Hall–Kier alpha value is -3.58. The van der Waals surface area contributed by atoms with Crippen molar-refractivity contribution >= 4 is 38.0 Å². The van der Waals surface area contributed by atoms with E-state index in [1.165, 1.54) is 0 Å². The van der Waals surface area contributed by atoms with E-state index in [4.69, 9.17) is 4.84 Å². The van der Waals surface area contributed by atoms with Crippen molar-refractivity contribution in [3.63, 3.8) is 0 Å². The predicted molar refractivity (Wildman–Crippen MR) is 147 cm³/mol. The first-order valence-corrected chi connectivity index (χ1v) is 13.9. The molecule has 5 rings (SSSR count). The molecule has 1 saturated heterocycles. The van der Waals surface area contributed by atoms with Crippen LogP contribution in [0.4, 0.5) is 24.0 Å². The molecule has 0 N–H and O–H groups in total. The lowest BCUT2D eigenvalue weighted by atomic mass is 9.87. The van der Waals surface area contributed by atoms with Gasteiger partial charge in [-0.3, -0.25) is 19.8 Å². The molecule has 2 aliphatic rings. The maximum Gasteiger partial charge on any atom is 0.416 e. The first-order chi connectivity index (χ1) is 19.2. The second-order valence-corrected chi connectivity index (χ2v) is 11.1. The van der Waals surface area contributed by atoms with Crippen LogP contribution < -0.4 is 10.5 Å². The molecule has 9 nitrogen and oxygen atoms in total. The maximum atomic E-state index is 13.2. The number of nitrogens with zero attached hydrogens (tertiary/aromatic N) is 5. The minimum Gasteiger partial charge on any atom is -0.391 e. The number of alkyl halides is 3. The summed E-state index contributed by atoms with van der Waals surface area (Å²) in [4.78, 5) is 37.1. The van der Waals surface area contributed by atoms with Crippen LogP contribution in [0.1, 0.15) is 36.8 Å². The quantitative estimate of drug-likeness (QED) is 0.272. The molecule has 1 aliphatic carbocycles. The van der Waals surface area contributed by atoms with Crippen molar-refractivity contribution in [2.75, 3.05) is 37.6 Å². The van der Waals surface area contributed by atoms with Gasteiger partial charge in [-0.05, 0) is 43.2 Å². The highest BCUT2D eigenvalue weighted by Gasteiger charge is 2.34. The van der Waals surface area contributed by atoms with E-state index in [1.54, 1.807) is 0 Å². The van der Waals surface area contributed by atoms with E-state index in [-0.39, 0.29) is 15.2 Å². The van der Waals surface area contributed by atoms with Gasteiger partial charge in [-0.2, -0.15) is 18.2 Å². The SMILES string of the molecule is O=c1nc(N2CCN(CC3CCC(=NOCc4ccccc4)CC3)CC2)sc2c([N+](=O)[O-])cc(C(F)(F)F)cc12. The number of nitro groups is 1. The van der Waals surface area contributed by atoms with E-state index in [9.17, 15) is 28.1 Å². The van der Waals surface area contributed by atoms with Crippen molar-refractivity contribution < 1.29 is 22.9 Å². The Morgan fingerprint density at radius 2 is 1.80 bits per heavy atom. The third-order valence-corrected chi connectivity index (χ3v) is 8.49. The van der Waals surface area contributed by atoms with Gasteiger partial charge in [0.2, 0.25) is 0 Å². The van der Waals surface area contributed by atoms with Crippen LogP contribution in [0.2, 0.25) is 0 Å². The molecule has 2 heterocycles. The second-order valence-electron chi connectivity index (χ2n) is 10.1. The highest BCUT2D eigenvalue weighted by Crippen LogP contribution is 2.38. The fraction of sp³-hybridized carbons (Fsp3) is 0.444. The number of aromatic nitrogens is 1. The monoisotopic (exact) mass is 575 g/mol. The van der Waals surface area contributed by atoms with Crippen molar-refractivity contribution in [3.05, 3.63) is 74.1 Å². The fourth-order valence-corrected chi connectivity index (χ4v) is 6.24. The number of oxime groups is 1. The van der Waals surface area contributed by atoms with Crippen LogP contribution in [0.5, 0.6) is 0 Å². The topological polar surface area (TPSA) is 101 Å². The Kier molecular flexibility index (Phi) is 8.31. The molecule has 40 heavy (non-hydrogen) atoms. The molecule has 13 heteroatoms. The summed E-state index contributed by atoms with van der Waals surface area (Å²) < 4.78 is 39.6. The average Bonchev–Trinajstić information content (AvgIpc) is 2.94. The lowest BCUT2D eigenvalue weighted by Crippen LogP contribution is -2.48. The summed E-state index contributed by atoms with van der Waals surface area (Å²) in [6.07, 6.45) is -0.934. The predicted octanol–water partition coefficient (Wildman–Crippen LogP) is 5.47. The molecule has 0 bridgehead atoms. The Balaban J connectivity index is 1.16. The Morgan fingerprint density at radius 1 is 1.10 bits per heavy atom. The van der Waals surface area contributed by atoms with Gasteiger partial charge >= 0.3 is 6.18 Å². The smallest absolute Gasteiger partial charge is 0.391 e. The van der Waals surface area contributed by atoms with Crippen LogP contribution in [0.15, 0.2) is 52.4 Å². The molecule has 1 saturated carbocycles. The summed E-state index contributed by atoms with van der Waals surface area (Å²) in [6.45, 7) is 3.99. The number of hydrogen-bond donors (Lipinski definition) is 0. The molecule has 2 fully saturated rings. The summed E-state index contributed by atoms with van der Waals surface area (Å²) in [5.41, 5.74) is -0.696. The Morgan fingerprint density at radius 3 is 2.45 bits per heavy atom. The molecule has 0 atom stereocenters.